The van der Waals surface area contributed by atoms with Crippen LogP contribution in [-0.4, -0.2) is 63.9 Å². The van der Waals surface area contributed by atoms with Crippen LogP contribution in [-0.2, 0) is 5.41 Å². The molecule has 1 aromatic carbocycles. The van der Waals surface area contributed by atoms with Crippen LogP contribution in [0.15, 0.2) is 18.2 Å². The number of benzene rings is 1. The summed E-state index contributed by atoms with van der Waals surface area (Å²) in [5.74, 6) is -1.16. The zero-order valence-corrected chi connectivity index (χ0v) is 22.3. The van der Waals surface area contributed by atoms with E-state index in [0.29, 0.717) is 6.54 Å². The molecule has 2 N–H and O–H groups in total. The third kappa shape index (κ3) is 5.68. The molecule has 6 nitrogen and oxygen atoms in total. The molecule has 0 saturated carbocycles. The maximum Gasteiger partial charge on any atom is 0.406 e. The van der Waals surface area contributed by atoms with Gasteiger partial charge in [-0.05, 0) is 64.2 Å². The normalized spacial score (nSPS) is 17.2. The summed E-state index contributed by atoms with van der Waals surface area (Å²) in [6, 6.07) is 2.53. The van der Waals surface area contributed by atoms with Crippen LogP contribution in [0.1, 0.15) is 72.0 Å². The van der Waals surface area contributed by atoms with E-state index in [4.69, 9.17) is 0 Å². The lowest BCUT2D eigenvalue weighted by atomic mass is 9.79. The highest BCUT2D eigenvalue weighted by Gasteiger charge is 2.68. The summed E-state index contributed by atoms with van der Waals surface area (Å²) in [6.45, 7) is 6.56. The van der Waals surface area contributed by atoms with E-state index in [9.17, 15) is 41.0 Å². The monoisotopic (exact) mass is 565 g/mol. The van der Waals surface area contributed by atoms with E-state index in [2.05, 4.69) is 10.3 Å². The summed E-state index contributed by atoms with van der Waals surface area (Å²) in [6.07, 6.45) is -9.71. The van der Waals surface area contributed by atoms with E-state index >= 15 is 0 Å². The van der Waals surface area contributed by atoms with Gasteiger partial charge in [0.25, 0.3) is 11.8 Å². The Morgan fingerprint density at radius 1 is 1.13 bits per heavy atom. The molecule has 0 radical (unpaired) electrons. The summed E-state index contributed by atoms with van der Waals surface area (Å²) >= 11 is 0.802. The lowest BCUT2D eigenvalue weighted by molar-refractivity contribution is -0.297. The standard InChI is InChI=1S/C25H29F6N3O3S/c1-13-11-15(23(5,24(26,27)28)25(29,30)31)8-9-16(13)18-17(21(36)34-10-6-7-14(34)2)33-20(38-18)19(35)32-12-22(3,4)37/h8-9,11,14,37H,6-7,10,12H2,1-5H3,(H,32,35)/t14-/m0/s1. The van der Waals surface area contributed by atoms with Crippen molar-refractivity contribution in [1.82, 2.24) is 15.2 Å². The second kappa shape index (κ2) is 10.1. The number of carbonyl (C=O) groups is 2. The number of halogens is 6. The van der Waals surface area contributed by atoms with Crippen molar-refractivity contribution in [2.75, 3.05) is 13.1 Å². The zero-order chi connectivity index (χ0) is 28.8. The molecule has 0 bridgehead atoms. The Morgan fingerprint density at radius 2 is 1.74 bits per heavy atom. The molecule has 1 saturated heterocycles. The molecule has 3 rings (SSSR count). The van der Waals surface area contributed by atoms with Crippen LogP contribution in [0.25, 0.3) is 10.4 Å². The second-order valence-electron chi connectivity index (χ2n) is 10.3. The van der Waals surface area contributed by atoms with E-state index in [1.54, 1.807) is 4.90 Å². The molecule has 1 aliphatic rings. The summed E-state index contributed by atoms with van der Waals surface area (Å²) in [5.41, 5.74) is -6.19. The van der Waals surface area contributed by atoms with Gasteiger partial charge in [0.15, 0.2) is 10.4 Å². The quantitative estimate of drug-likeness (QED) is 0.445. The van der Waals surface area contributed by atoms with Crippen LogP contribution in [0.3, 0.4) is 0 Å². The van der Waals surface area contributed by atoms with Crippen LogP contribution in [0, 0.1) is 6.92 Å². The lowest BCUT2D eigenvalue weighted by Crippen LogP contribution is -2.51. The fourth-order valence-electron chi connectivity index (χ4n) is 4.21. The van der Waals surface area contributed by atoms with E-state index in [-0.39, 0.29) is 46.2 Å². The third-order valence-corrected chi connectivity index (χ3v) is 7.79. The van der Waals surface area contributed by atoms with E-state index in [1.807, 2.05) is 6.92 Å². The van der Waals surface area contributed by atoms with Gasteiger partial charge in [0, 0.05) is 19.1 Å². The minimum atomic E-state index is -5.61. The molecule has 2 heterocycles. The van der Waals surface area contributed by atoms with Crippen molar-refractivity contribution in [1.29, 1.82) is 0 Å². The number of hydrogen-bond acceptors (Lipinski definition) is 5. The predicted octanol–water partition coefficient (Wildman–Crippen LogP) is 5.63. The second-order valence-corrected chi connectivity index (χ2v) is 11.3. The first kappa shape index (κ1) is 29.9. The lowest BCUT2D eigenvalue weighted by Gasteiger charge is -2.34. The molecule has 210 valence electrons. The van der Waals surface area contributed by atoms with Crippen molar-refractivity contribution in [3.63, 3.8) is 0 Å². The fourth-order valence-corrected chi connectivity index (χ4v) is 5.27. The van der Waals surface area contributed by atoms with Crippen LogP contribution >= 0.6 is 11.3 Å². The van der Waals surface area contributed by atoms with Gasteiger partial charge < -0.3 is 15.3 Å². The SMILES string of the molecule is Cc1cc(C(C)(C(F)(F)F)C(F)(F)F)ccc1-c1sc(C(=O)NCC(C)(C)O)nc1C(=O)N1CCC[C@@H]1C. The number of aryl methyl sites for hydroxylation is 1. The highest BCUT2D eigenvalue weighted by atomic mass is 32.1. The number of alkyl halides is 6. The average molecular weight is 566 g/mol. The van der Waals surface area contributed by atoms with E-state index < -0.39 is 40.7 Å². The van der Waals surface area contributed by atoms with E-state index in [1.165, 1.54) is 20.8 Å². The van der Waals surface area contributed by atoms with Gasteiger partial charge in [-0.25, -0.2) is 4.98 Å². The average Bonchev–Trinajstić information content (AvgIpc) is 3.41. The first-order valence-corrected chi connectivity index (χ1v) is 12.7. The van der Waals surface area contributed by atoms with Crippen LogP contribution < -0.4 is 5.32 Å². The maximum absolute atomic E-state index is 13.6. The fraction of sp³-hybridized carbons (Fsp3) is 0.560. The van der Waals surface area contributed by atoms with Gasteiger partial charge in [0.1, 0.15) is 5.69 Å². The number of amides is 2. The molecule has 1 aromatic heterocycles. The first-order valence-electron chi connectivity index (χ1n) is 11.8. The topological polar surface area (TPSA) is 82.5 Å². The van der Waals surface area contributed by atoms with Crippen molar-refractivity contribution in [2.45, 2.75) is 76.9 Å². The minimum absolute atomic E-state index is 0.0536. The number of hydrogen-bond donors (Lipinski definition) is 2. The number of aliphatic hydroxyl groups is 1. The van der Waals surface area contributed by atoms with Gasteiger partial charge >= 0.3 is 12.4 Å². The van der Waals surface area contributed by atoms with Crippen molar-refractivity contribution >= 4 is 23.2 Å². The smallest absolute Gasteiger partial charge is 0.389 e. The molecule has 2 aromatic rings. The summed E-state index contributed by atoms with van der Waals surface area (Å²) in [5, 5.41) is 12.3. The van der Waals surface area contributed by atoms with Gasteiger partial charge in [-0.2, -0.15) is 26.3 Å². The summed E-state index contributed by atoms with van der Waals surface area (Å²) in [7, 11) is 0. The summed E-state index contributed by atoms with van der Waals surface area (Å²) in [4.78, 5) is 32.1. The molecule has 0 spiro atoms. The summed E-state index contributed by atoms with van der Waals surface area (Å²) < 4.78 is 81.8. The number of aromatic nitrogens is 1. The van der Waals surface area contributed by atoms with Crippen molar-refractivity contribution in [3.8, 4) is 10.4 Å². The number of nitrogens with one attached hydrogen (secondary N) is 1. The number of likely N-dealkylation sites (tertiary alicyclic amines) is 1. The number of rotatable bonds is 6. The largest absolute Gasteiger partial charge is 0.406 e. The van der Waals surface area contributed by atoms with E-state index in [0.717, 1.165) is 42.4 Å². The van der Waals surface area contributed by atoms with Gasteiger partial charge in [0.05, 0.1) is 10.5 Å². The molecule has 1 fully saturated rings. The Morgan fingerprint density at radius 3 is 2.21 bits per heavy atom. The number of thiazole rings is 1. The molecule has 1 atom stereocenters. The predicted molar refractivity (Wildman–Crippen MR) is 130 cm³/mol. The zero-order valence-electron chi connectivity index (χ0n) is 21.5. The highest BCUT2D eigenvalue weighted by Crippen LogP contribution is 2.52. The molecule has 2 amide bonds. The third-order valence-electron chi connectivity index (χ3n) is 6.70. The maximum atomic E-state index is 13.6. The Bertz CT molecular complexity index is 1200. The molecule has 0 unspecified atom stereocenters. The van der Waals surface area contributed by atoms with Crippen molar-refractivity contribution in [2.24, 2.45) is 0 Å². The minimum Gasteiger partial charge on any atom is -0.389 e. The molecule has 1 aliphatic heterocycles. The Hall–Kier alpha value is -2.67. The van der Waals surface area contributed by atoms with Gasteiger partial charge in [-0.1, -0.05) is 18.2 Å². The highest BCUT2D eigenvalue weighted by molar-refractivity contribution is 7.17. The van der Waals surface area contributed by atoms with Crippen molar-refractivity contribution < 1.29 is 41.0 Å². The first-order chi connectivity index (χ1) is 17.3. The van der Waals surface area contributed by atoms with Crippen LogP contribution in [0.5, 0.6) is 0 Å². The van der Waals surface area contributed by atoms with Crippen LogP contribution in [0.4, 0.5) is 26.3 Å². The molecule has 0 aliphatic carbocycles. The Labute approximate surface area is 220 Å². The van der Waals surface area contributed by atoms with Gasteiger partial charge in [-0.15, -0.1) is 11.3 Å². The number of nitrogens with zero attached hydrogens (tertiary/aromatic N) is 2. The Kier molecular flexibility index (Phi) is 7.97. The van der Waals surface area contributed by atoms with Gasteiger partial charge in [-0.3, -0.25) is 9.59 Å². The number of carbonyl (C=O) groups excluding carboxylic acids is 2. The molecule has 38 heavy (non-hydrogen) atoms. The molecular weight excluding hydrogens is 536 g/mol. The van der Waals surface area contributed by atoms with Crippen LogP contribution in [0.2, 0.25) is 0 Å². The molecular formula is C25H29F6N3O3S. The van der Waals surface area contributed by atoms with Gasteiger partial charge in [0.2, 0.25) is 0 Å². The molecule has 13 heteroatoms. The Balaban J connectivity index is 2.12. The van der Waals surface area contributed by atoms with Crippen molar-refractivity contribution in [3.05, 3.63) is 40.0 Å².